The molecule has 0 aromatic rings. The van der Waals surface area contributed by atoms with Crippen molar-refractivity contribution < 1.29 is 9.59 Å². The van der Waals surface area contributed by atoms with Gasteiger partial charge in [-0.15, -0.1) is 0 Å². The van der Waals surface area contributed by atoms with Gasteiger partial charge in [0.1, 0.15) is 0 Å². The molecule has 0 aliphatic carbocycles. The fraction of sp³-hybridized carbons (Fsp3) is 0.647. The van der Waals surface area contributed by atoms with Crippen molar-refractivity contribution >= 4 is 11.7 Å². The van der Waals surface area contributed by atoms with Crippen LogP contribution in [-0.2, 0) is 9.59 Å². The number of unbranched alkanes of at least 4 members (excludes halogenated alkanes) is 2. The van der Waals surface area contributed by atoms with Crippen LogP contribution in [0.1, 0.15) is 52.9 Å². The molecule has 20 heavy (non-hydrogen) atoms. The number of carbonyl (C=O) groups excluding carboxylic acids is 2. The second kappa shape index (κ2) is 9.51. The number of amides is 1. The fourth-order valence-electron chi connectivity index (χ4n) is 2.21. The van der Waals surface area contributed by atoms with Crippen LogP contribution in [0.15, 0.2) is 24.3 Å². The summed E-state index contributed by atoms with van der Waals surface area (Å²) in [5, 5.41) is 0. The van der Waals surface area contributed by atoms with Crippen LogP contribution >= 0.6 is 0 Å². The molecule has 0 aliphatic rings. The van der Waals surface area contributed by atoms with Crippen molar-refractivity contribution in [1.29, 1.82) is 0 Å². The van der Waals surface area contributed by atoms with Crippen molar-refractivity contribution in [2.24, 2.45) is 5.92 Å². The molecule has 0 aliphatic heterocycles. The minimum absolute atomic E-state index is 0.00824. The lowest BCUT2D eigenvalue weighted by Crippen LogP contribution is -2.28. The van der Waals surface area contributed by atoms with Crippen LogP contribution in [0.5, 0.6) is 0 Å². The summed E-state index contributed by atoms with van der Waals surface area (Å²) in [6, 6.07) is 0. The molecule has 1 unspecified atom stereocenters. The van der Waals surface area contributed by atoms with Gasteiger partial charge in [0.2, 0.25) is 5.91 Å². The largest absolute Gasteiger partial charge is 0.342 e. The smallest absolute Gasteiger partial charge is 0.248 e. The van der Waals surface area contributed by atoms with Crippen LogP contribution in [0.25, 0.3) is 0 Å². The first-order valence-electron chi connectivity index (χ1n) is 7.41. The molecular weight excluding hydrogens is 250 g/mol. The predicted octanol–water partition coefficient (Wildman–Crippen LogP) is 3.75. The van der Waals surface area contributed by atoms with Crippen molar-refractivity contribution in [2.75, 3.05) is 13.6 Å². The van der Waals surface area contributed by atoms with Gasteiger partial charge in [0.15, 0.2) is 5.78 Å². The molecule has 3 nitrogen and oxygen atoms in total. The van der Waals surface area contributed by atoms with E-state index in [0.717, 1.165) is 38.6 Å². The zero-order valence-electron chi connectivity index (χ0n) is 13.5. The number of Topliss-reactive ketones (excluding diaryl/α,β-unsaturated/α-hetero) is 1. The summed E-state index contributed by atoms with van der Waals surface area (Å²) >= 11 is 0. The van der Waals surface area contributed by atoms with Crippen molar-refractivity contribution in [3.63, 3.8) is 0 Å². The molecular formula is C17H29NO2. The Kier molecular flexibility index (Phi) is 8.86. The first-order chi connectivity index (χ1) is 9.31. The number of nitrogens with zero attached hydrogens (tertiary/aromatic N) is 1. The Morgan fingerprint density at radius 2 is 1.65 bits per heavy atom. The van der Waals surface area contributed by atoms with Gasteiger partial charge in [-0.2, -0.15) is 0 Å². The summed E-state index contributed by atoms with van der Waals surface area (Å²) in [7, 11) is 1.80. The van der Waals surface area contributed by atoms with E-state index in [4.69, 9.17) is 0 Å². The van der Waals surface area contributed by atoms with Gasteiger partial charge in [-0.05, 0) is 38.7 Å². The maximum Gasteiger partial charge on any atom is 0.248 e. The second-order valence-electron chi connectivity index (χ2n) is 5.61. The van der Waals surface area contributed by atoms with Gasteiger partial charge in [-0.3, -0.25) is 9.59 Å². The summed E-state index contributed by atoms with van der Waals surface area (Å²) < 4.78 is 0. The quantitative estimate of drug-likeness (QED) is 0.451. The molecule has 0 aromatic carbocycles. The highest BCUT2D eigenvalue weighted by Crippen LogP contribution is 2.17. The van der Waals surface area contributed by atoms with Gasteiger partial charge in [0, 0.05) is 25.1 Å². The zero-order valence-corrected chi connectivity index (χ0v) is 13.5. The standard InChI is InChI=1S/C17H29NO2/c1-7-15(16(19)13(2)3)11-9-8-10-12-18(6)17(20)14(4)5/h15H,2,4,7-12H2,1,3,5-6H3. The molecule has 0 saturated heterocycles. The van der Waals surface area contributed by atoms with Gasteiger partial charge < -0.3 is 4.90 Å². The summed E-state index contributed by atoms with van der Waals surface area (Å²) in [6.07, 6.45) is 4.81. The van der Waals surface area contributed by atoms with Crippen LogP contribution in [0.3, 0.4) is 0 Å². The second-order valence-corrected chi connectivity index (χ2v) is 5.61. The molecule has 1 amide bonds. The summed E-state index contributed by atoms with van der Waals surface area (Å²) in [4.78, 5) is 25.2. The van der Waals surface area contributed by atoms with Crippen LogP contribution in [-0.4, -0.2) is 30.2 Å². The van der Waals surface area contributed by atoms with E-state index in [0.29, 0.717) is 11.1 Å². The van der Waals surface area contributed by atoms with Gasteiger partial charge in [-0.1, -0.05) is 32.9 Å². The van der Waals surface area contributed by atoms with E-state index >= 15 is 0 Å². The molecule has 0 spiro atoms. The molecule has 0 saturated carbocycles. The molecule has 0 N–H and O–H groups in total. The lowest BCUT2D eigenvalue weighted by atomic mass is 9.91. The topological polar surface area (TPSA) is 37.4 Å². The summed E-state index contributed by atoms with van der Waals surface area (Å²) in [5.41, 5.74) is 1.23. The number of hydrogen-bond donors (Lipinski definition) is 0. The third-order valence-corrected chi connectivity index (χ3v) is 3.54. The van der Waals surface area contributed by atoms with E-state index in [-0.39, 0.29) is 17.6 Å². The third-order valence-electron chi connectivity index (χ3n) is 3.54. The highest BCUT2D eigenvalue weighted by atomic mass is 16.2. The Hall–Kier alpha value is -1.38. The highest BCUT2D eigenvalue weighted by Gasteiger charge is 2.16. The average Bonchev–Trinajstić information content (AvgIpc) is 2.40. The number of likely N-dealkylation sites (N-methyl/N-ethyl adjacent to an activating group) is 1. The van der Waals surface area contributed by atoms with E-state index in [1.807, 2.05) is 6.92 Å². The Labute approximate surface area is 123 Å². The SMILES string of the molecule is C=C(C)C(=O)C(CC)CCCCCN(C)C(=O)C(=C)C. The minimum Gasteiger partial charge on any atom is -0.342 e. The minimum atomic E-state index is 0.00824. The molecule has 0 radical (unpaired) electrons. The van der Waals surface area contributed by atoms with E-state index in [9.17, 15) is 9.59 Å². The van der Waals surface area contributed by atoms with Crippen molar-refractivity contribution in [2.45, 2.75) is 52.9 Å². The Morgan fingerprint density at radius 3 is 2.10 bits per heavy atom. The van der Waals surface area contributed by atoms with Crippen molar-refractivity contribution in [3.8, 4) is 0 Å². The maximum absolute atomic E-state index is 11.8. The fourth-order valence-corrected chi connectivity index (χ4v) is 2.21. The summed E-state index contributed by atoms with van der Waals surface area (Å²) in [6.45, 7) is 13.7. The van der Waals surface area contributed by atoms with E-state index in [1.165, 1.54) is 0 Å². The van der Waals surface area contributed by atoms with Crippen LogP contribution < -0.4 is 0 Å². The Morgan fingerprint density at radius 1 is 1.05 bits per heavy atom. The van der Waals surface area contributed by atoms with E-state index < -0.39 is 0 Å². The Bertz CT molecular complexity index is 371. The van der Waals surface area contributed by atoms with Crippen molar-refractivity contribution in [1.82, 2.24) is 4.90 Å². The van der Waals surface area contributed by atoms with E-state index in [2.05, 4.69) is 13.2 Å². The van der Waals surface area contributed by atoms with Crippen LogP contribution in [0.4, 0.5) is 0 Å². The van der Waals surface area contributed by atoms with Gasteiger partial charge in [0.25, 0.3) is 0 Å². The number of rotatable bonds is 10. The number of allylic oxidation sites excluding steroid dienone is 1. The molecule has 0 bridgehead atoms. The normalized spacial score (nSPS) is 11.8. The predicted molar refractivity (Wildman–Crippen MR) is 84.5 cm³/mol. The monoisotopic (exact) mass is 279 g/mol. The highest BCUT2D eigenvalue weighted by molar-refractivity contribution is 5.95. The first kappa shape index (κ1) is 18.6. The van der Waals surface area contributed by atoms with E-state index in [1.54, 1.807) is 25.8 Å². The maximum atomic E-state index is 11.8. The number of carbonyl (C=O) groups is 2. The van der Waals surface area contributed by atoms with Crippen LogP contribution in [0.2, 0.25) is 0 Å². The first-order valence-corrected chi connectivity index (χ1v) is 7.41. The zero-order chi connectivity index (χ0) is 15.7. The Balaban J connectivity index is 3.91. The van der Waals surface area contributed by atoms with Crippen LogP contribution in [0, 0.1) is 5.92 Å². The molecule has 0 aromatic heterocycles. The van der Waals surface area contributed by atoms with Gasteiger partial charge >= 0.3 is 0 Å². The molecule has 3 heteroatoms. The molecule has 1 atom stereocenters. The number of ketones is 1. The molecule has 0 rings (SSSR count). The molecule has 0 fully saturated rings. The molecule has 0 heterocycles. The molecule has 114 valence electrons. The van der Waals surface area contributed by atoms with Crippen molar-refractivity contribution in [3.05, 3.63) is 24.3 Å². The summed E-state index contributed by atoms with van der Waals surface area (Å²) in [5.74, 6) is 0.318. The third kappa shape index (κ3) is 6.69. The van der Waals surface area contributed by atoms with Gasteiger partial charge in [-0.25, -0.2) is 0 Å². The number of hydrogen-bond acceptors (Lipinski definition) is 2. The van der Waals surface area contributed by atoms with Gasteiger partial charge in [0.05, 0.1) is 0 Å². The lowest BCUT2D eigenvalue weighted by molar-refractivity contribution is -0.125. The average molecular weight is 279 g/mol. The lowest BCUT2D eigenvalue weighted by Gasteiger charge is -2.17.